The molecule has 1 saturated heterocycles. The SMILES string of the molecule is CNC(=O)[C@]1(c2ccccn2)CCCNC1. The van der Waals surface area contributed by atoms with Crippen molar-refractivity contribution in [2.75, 3.05) is 20.1 Å². The molecule has 86 valence electrons. The third-order valence-electron chi connectivity index (χ3n) is 3.20. The zero-order valence-corrected chi connectivity index (χ0v) is 9.49. The molecule has 1 amide bonds. The van der Waals surface area contributed by atoms with Crippen molar-refractivity contribution in [2.24, 2.45) is 0 Å². The second kappa shape index (κ2) is 4.61. The molecule has 0 spiro atoms. The standard InChI is InChI=1S/C12H17N3O/c1-13-11(16)12(6-4-7-14-9-12)10-5-2-3-8-15-10/h2-3,5,8,14H,4,6-7,9H2,1H3,(H,13,16)/t12-/m1/s1. The summed E-state index contributed by atoms with van der Waals surface area (Å²) in [5.74, 6) is 0.0541. The van der Waals surface area contributed by atoms with E-state index in [0.29, 0.717) is 6.54 Å². The summed E-state index contributed by atoms with van der Waals surface area (Å²) >= 11 is 0. The minimum atomic E-state index is -0.492. The van der Waals surface area contributed by atoms with Crippen LogP contribution >= 0.6 is 0 Å². The van der Waals surface area contributed by atoms with Gasteiger partial charge in [-0.2, -0.15) is 0 Å². The van der Waals surface area contributed by atoms with Crippen LogP contribution in [0.4, 0.5) is 0 Å². The van der Waals surface area contributed by atoms with Gasteiger partial charge in [0.2, 0.25) is 5.91 Å². The predicted octanol–water partition coefficient (Wildman–Crippen LogP) is 0.449. The van der Waals surface area contributed by atoms with Gasteiger partial charge in [-0.25, -0.2) is 0 Å². The lowest BCUT2D eigenvalue weighted by Crippen LogP contribution is -2.53. The predicted molar refractivity (Wildman–Crippen MR) is 62.1 cm³/mol. The third kappa shape index (κ3) is 1.80. The molecule has 2 heterocycles. The number of hydrogen-bond acceptors (Lipinski definition) is 3. The number of nitrogens with one attached hydrogen (secondary N) is 2. The van der Waals surface area contributed by atoms with Gasteiger partial charge in [-0.1, -0.05) is 6.07 Å². The highest BCUT2D eigenvalue weighted by atomic mass is 16.2. The van der Waals surface area contributed by atoms with Crippen molar-refractivity contribution in [3.8, 4) is 0 Å². The number of carbonyl (C=O) groups is 1. The number of rotatable bonds is 2. The van der Waals surface area contributed by atoms with E-state index in [0.717, 1.165) is 25.1 Å². The van der Waals surface area contributed by atoms with Crippen LogP contribution in [-0.4, -0.2) is 31.0 Å². The fourth-order valence-corrected chi connectivity index (χ4v) is 2.32. The summed E-state index contributed by atoms with van der Waals surface area (Å²) in [7, 11) is 1.68. The Balaban J connectivity index is 2.38. The maximum absolute atomic E-state index is 12.1. The molecule has 1 aromatic heterocycles. The van der Waals surface area contributed by atoms with Gasteiger partial charge >= 0.3 is 0 Å². The molecule has 2 rings (SSSR count). The lowest BCUT2D eigenvalue weighted by Gasteiger charge is -2.35. The Morgan fingerprint density at radius 2 is 2.44 bits per heavy atom. The van der Waals surface area contributed by atoms with Crippen molar-refractivity contribution in [3.63, 3.8) is 0 Å². The molecule has 0 aromatic carbocycles. The first kappa shape index (κ1) is 11.1. The van der Waals surface area contributed by atoms with Crippen LogP contribution in [0.1, 0.15) is 18.5 Å². The van der Waals surface area contributed by atoms with Crippen LogP contribution in [0, 0.1) is 0 Å². The third-order valence-corrected chi connectivity index (χ3v) is 3.20. The van der Waals surface area contributed by atoms with Crippen molar-refractivity contribution in [1.29, 1.82) is 0 Å². The van der Waals surface area contributed by atoms with Gasteiger partial charge in [0.25, 0.3) is 0 Å². The summed E-state index contributed by atoms with van der Waals surface area (Å²) in [5, 5.41) is 6.04. The largest absolute Gasteiger partial charge is 0.358 e. The van der Waals surface area contributed by atoms with Gasteiger partial charge < -0.3 is 10.6 Å². The maximum atomic E-state index is 12.1. The first-order valence-corrected chi connectivity index (χ1v) is 5.64. The molecule has 1 aliphatic rings. The Morgan fingerprint density at radius 3 is 3.00 bits per heavy atom. The minimum absolute atomic E-state index is 0.0541. The van der Waals surface area contributed by atoms with E-state index in [-0.39, 0.29) is 5.91 Å². The molecule has 0 bridgehead atoms. The molecule has 0 saturated carbocycles. The highest BCUT2D eigenvalue weighted by molar-refractivity contribution is 5.88. The van der Waals surface area contributed by atoms with Gasteiger partial charge in [0.1, 0.15) is 5.41 Å². The molecule has 4 nitrogen and oxygen atoms in total. The van der Waals surface area contributed by atoms with Crippen molar-refractivity contribution >= 4 is 5.91 Å². The van der Waals surface area contributed by atoms with E-state index < -0.39 is 5.41 Å². The molecule has 4 heteroatoms. The van der Waals surface area contributed by atoms with Crippen LogP contribution in [0.25, 0.3) is 0 Å². The number of nitrogens with zero attached hydrogens (tertiary/aromatic N) is 1. The van der Waals surface area contributed by atoms with E-state index in [1.165, 1.54) is 0 Å². The summed E-state index contributed by atoms with van der Waals surface area (Å²) in [6, 6.07) is 5.74. The van der Waals surface area contributed by atoms with Gasteiger partial charge in [-0.15, -0.1) is 0 Å². The first-order chi connectivity index (χ1) is 7.79. The number of hydrogen-bond donors (Lipinski definition) is 2. The average Bonchev–Trinajstić information content (AvgIpc) is 2.39. The molecule has 1 fully saturated rings. The number of pyridine rings is 1. The lowest BCUT2D eigenvalue weighted by molar-refractivity contribution is -0.127. The van der Waals surface area contributed by atoms with Crippen LogP contribution in [0.3, 0.4) is 0 Å². The summed E-state index contributed by atoms with van der Waals surface area (Å²) in [5.41, 5.74) is 0.371. The molecule has 1 atom stereocenters. The monoisotopic (exact) mass is 219 g/mol. The fourth-order valence-electron chi connectivity index (χ4n) is 2.32. The number of likely N-dealkylation sites (N-methyl/N-ethyl adjacent to an activating group) is 1. The van der Waals surface area contributed by atoms with E-state index in [2.05, 4.69) is 15.6 Å². The number of carbonyl (C=O) groups excluding carboxylic acids is 1. The summed E-state index contributed by atoms with van der Waals surface area (Å²) in [4.78, 5) is 16.4. The minimum Gasteiger partial charge on any atom is -0.358 e. The van der Waals surface area contributed by atoms with E-state index in [1.807, 2.05) is 18.2 Å². The number of piperidine rings is 1. The van der Waals surface area contributed by atoms with Gasteiger partial charge in [-0.3, -0.25) is 9.78 Å². The molecule has 1 aliphatic heterocycles. The van der Waals surface area contributed by atoms with Crippen molar-refractivity contribution in [1.82, 2.24) is 15.6 Å². The Bertz CT molecular complexity index is 358. The molecule has 0 aliphatic carbocycles. The van der Waals surface area contributed by atoms with E-state index in [1.54, 1.807) is 13.2 Å². The first-order valence-electron chi connectivity index (χ1n) is 5.64. The zero-order valence-electron chi connectivity index (χ0n) is 9.49. The molecule has 16 heavy (non-hydrogen) atoms. The molecule has 1 aromatic rings. The van der Waals surface area contributed by atoms with Gasteiger partial charge in [-0.05, 0) is 31.5 Å². The van der Waals surface area contributed by atoms with E-state index in [4.69, 9.17) is 0 Å². The molecule has 2 N–H and O–H groups in total. The zero-order chi connectivity index (χ0) is 11.4. The van der Waals surface area contributed by atoms with Crippen LogP contribution in [-0.2, 0) is 10.2 Å². The normalized spacial score (nSPS) is 25.1. The molecule has 0 unspecified atom stereocenters. The Kier molecular flexibility index (Phi) is 3.19. The van der Waals surface area contributed by atoms with E-state index >= 15 is 0 Å². The molecular formula is C12H17N3O. The Morgan fingerprint density at radius 1 is 1.56 bits per heavy atom. The van der Waals surface area contributed by atoms with E-state index in [9.17, 15) is 4.79 Å². The smallest absolute Gasteiger partial charge is 0.233 e. The van der Waals surface area contributed by atoms with Gasteiger partial charge in [0.15, 0.2) is 0 Å². The Labute approximate surface area is 95.5 Å². The second-order valence-electron chi connectivity index (χ2n) is 4.16. The second-order valence-corrected chi connectivity index (χ2v) is 4.16. The van der Waals surface area contributed by atoms with Crippen LogP contribution < -0.4 is 10.6 Å². The van der Waals surface area contributed by atoms with Crippen molar-refractivity contribution < 1.29 is 4.79 Å². The molecule has 0 radical (unpaired) electrons. The van der Waals surface area contributed by atoms with Crippen LogP contribution in [0.2, 0.25) is 0 Å². The van der Waals surface area contributed by atoms with Gasteiger partial charge in [0.05, 0.1) is 5.69 Å². The average molecular weight is 219 g/mol. The molecular weight excluding hydrogens is 202 g/mol. The quantitative estimate of drug-likeness (QED) is 0.759. The summed E-state index contributed by atoms with van der Waals surface area (Å²) in [6.07, 6.45) is 3.61. The van der Waals surface area contributed by atoms with Crippen LogP contribution in [0.5, 0.6) is 0 Å². The van der Waals surface area contributed by atoms with Gasteiger partial charge in [0, 0.05) is 19.8 Å². The number of amides is 1. The fraction of sp³-hybridized carbons (Fsp3) is 0.500. The van der Waals surface area contributed by atoms with Crippen molar-refractivity contribution in [3.05, 3.63) is 30.1 Å². The summed E-state index contributed by atoms with van der Waals surface area (Å²) < 4.78 is 0. The maximum Gasteiger partial charge on any atom is 0.233 e. The summed E-state index contributed by atoms with van der Waals surface area (Å²) in [6.45, 7) is 1.65. The highest BCUT2D eigenvalue weighted by Gasteiger charge is 2.41. The highest BCUT2D eigenvalue weighted by Crippen LogP contribution is 2.29. The van der Waals surface area contributed by atoms with Crippen LogP contribution in [0.15, 0.2) is 24.4 Å². The number of aromatic nitrogens is 1. The van der Waals surface area contributed by atoms with Crippen molar-refractivity contribution in [2.45, 2.75) is 18.3 Å². The Hall–Kier alpha value is -1.42. The topological polar surface area (TPSA) is 54.0 Å². The lowest BCUT2D eigenvalue weighted by atomic mass is 9.76.